The Morgan fingerprint density at radius 2 is 1.90 bits per heavy atom. The molecule has 0 amide bonds. The van der Waals surface area contributed by atoms with Crippen LogP contribution >= 0.6 is 0 Å². The van der Waals surface area contributed by atoms with Gasteiger partial charge in [0.15, 0.2) is 0 Å². The van der Waals surface area contributed by atoms with Crippen molar-refractivity contribution in [2.45, 2.75) is 31.6 Å². The molecule has 114 valence electrons. The third kappa shape index (κ3) is 3.71. The van der Waals surface area contributed by atoms with Crippen molar-refractivity contribution >= 4 is 26.7 Å². The van der Waals surface area contributed by atoms with Gasteiger partial charge >= 0.3 is 0 Å². The van der Waals surface area contributed by atoms with E-state index in [1.165, 1.54) is 0 Å². The quantitative estimate of drug-likeness (QED) is 0.858. The van der Waals surface area contributed by atoms with Crippen LogP contribution < -0.4 is 10.5 Å². The third-order valence-electron chi connectivity index (χ3n) is 3.71. The number of nitrogens with one attached hydrogen (secondary N) is 1. The largest absolute Gasteiger partial charge is 0.384 e. The fourth-order valence-corrected chi connectivity index (χ4v) is 3.33. The minimum Gasteiger partial charge on any atom is -0.384 e. The van der Waals surface area contributed by atoms with Crippen LogP contribution in [0.3, 0.4) is 0 Å². The van der Waals surface area contributed by atoms with Crippen LogP contribution in [0.5, 0.6) is 0 Å². The maximum absolute atomic E-state index is 12.3. The van der Waals surface area contributed by atoms with Gasteiger partial charge in [-0.05, 0) is 36.2 Å². The number of pyridine rings is 1. The number of nitrogens with zero attached hydrogens (tertiary/aromatic N) is 1. The fraction of sp³-hybridized carbons (Fsp3) is 0.400. The van der Waals surface area contributed by atoms with Crippen LogP contribution in [0.4, 0.5) is 5.82 Å². The molecule has 0 aliphatic heterocycles. The number of nitrogens with two attached hydrogens (primary N) is 1. The molecule has 2 aromatic rings. The molecule has 0 radical (unpaired) electrons. The number of fused-ring (bicyclic) bond motifs is 1. The van der Waals surface area contributed by atoms with Gasteiger partial charge in [0.2, 0.25) is 10.0 Å². The molecule has 0 aliphatic rings. The second-order valence-electron chi connectivity index (χ2n) is 5.13. The van der Waals surface area contributed by atoms with Crippen molar-refractivity contribution in [3.8, 4) is 0 Å². The number of hydrogen-bond acceptors (Lipinski definition) is 4. The van der Waals surface area contributed by atoms with Gasteiger partial charge in [-0.15, -0.1) is 0 Å². The molecule has 1 aromatic heterocycles. The summed E-state index contributed by atoms with van der Waals surface area (Å²) in [5, 5.41) is 0.759. The van der Waals surface area contributed by atoms with Gasteiger partial charge in [-0.2, -0.15) is 0 Å². The second-order valence-corrected chi connectivity index (χ2v) is 6.89. The molecule has 2 rings (SSSR count). The Morgan fingerprint density at radius 1 is 1.19 bits per heavy atom. The Morgan fingerprint density at radius 3 is 2.57 bits per heavy atom. The lowest BCUT2D eigenvalue weighted by Gasteiger charge is -2.13. The Hall–Kier alpha value is -1.66. The molecule has 0 fully saturated rings. The highest BCUT2D eigenvalue weighted by Crippen LogP contribution is 2.19. The molecule has 1 heterocycles. The Balaban J connectivity index is 2.25. The van der Waals surface area contributed by atoms with Crippen LogP contribution in [0.25, 0.3) is 10.9 Å². The maximum atomic E-state index is 12.3. The topological polar surface area (TPSA) is 85.1 Å². The highest BCUT2D eigenvalue weighted by Gasteiger charge is 2.16. The van der Waals surface area contributed by atoms with Crippen molar-refractivity contribution in [2.75, 3.05) is 12.3 Å². The van der Waals surface area contributed by atoms with E-state index in [0.717, 1.165) is 18.2 Å². The summed E-state index contributed by atoms with van der Waals surface area (Å²) in [6.07, 6.45) is 1.92. The van der Waals surface area contributed by atoms with Crippen molar-refractivity contribution in [3.63, 3.8) is 0 Å². The number of hydrogen-bond donors (Lipinski definition) is 2. The summed E-state index contributed by atoms with van der Waals surface area (Å²) in [5.41, 5.74) is 6.31. The smallest absolute Gasteiger partial charge is 0.240 e. The summed E-state index contributed by atoms with van der Waals surface area (Å²) in [5.74, 6) is 0.784. The van der Waals surface area contributed by atoms with Gasteiger partial charge in [-0.1, -0.05) is 26.7 Å². The lowest BCUT2D eigenvalue weighted by atomic mass is 10.0. The zero-order chi connectivity index (χ0) is 15.5. The molecular formula is C15H21N3O2S. The number of rotatable bonds is 6. The fourth-order valence-electron chi connectivity index (χ4n) is 2.17. The Labute approximate surface area is 125 Å². The first-order valence-electron chi connectivity index (χ1n) is 7.12. The van der Waals surface area contributed by atoms with Gasteiger partial charge < -0.3 is 5.73 Å². The Bertz CT molecular complexity index is 725. The lowest BCUT2D eigenvalue weighted by Crippen LogP contribution is -2.29. The van der Waals surface area contributed by atoms with E-state index in [9.17, 15) is 8.42 Å². The minimum absolute atomic E-state index is 0.257. The van der Waals surface area contributed by atoms with E-state index >= 15 is 0 Å². The molecule has 0 bridgehead atoms. The van der Waals surface area contributed by atoms with E-state index in [1.807, 2.05) is 0 Å². The summed E-state index contributed by atoms with van der Waals surface area (Å²) >= 11 is 0. The molecule has 5 nitrogen and oxygen atoms in total. The van der Waals surface area contributed by atoms with Crippen molar-refractivity contribution < 1.29 is 8.42 Å². The molecule has 0 atom stereocenters. The number of aromatic nitrogens is 1. The summed E-state index contributed by atoms with van der Waals surface area (Å²) < 4.78 is 27.3. The van der Waals surface area contributed by atoms with Crippen molar-refractivity contribution in [2.24, 2.45) is 5.92 Å². The normalized spacial score (nSPS) is 12.1. The number of nitrogen functional groups attached to an aromatic ring is 1. The second kappa shape index (κ2) is 6.41. The maximum Gasteiger partial charge on any atom is 0.240 e. The zero-order valence-corrected chi connectivity index (χ0v) is 13.2. The van der Waals surface area contributed by atoms with Gasteiger partial charge in [-0.3, -0.25) is 0 Å². The van der Waals surface area contributed by atoms with Gasteiger partial charge in [0.1, 0.15) is 5.82 Å². The first kappa shape index (κ1) is 15.7. The standard InChI is InChI=1S/C15H21N3O2S/c1-3-11(4-2)10-17-21(19,20)13-6-7-14-12(9-13)5-8-15(16)18-14/h5-9,11,17H,3-4,10H2,1-2H3,(H2,16,18). The third-order valence-corrected chi connectivity index (χ3v) is 5.13. The summed E-state index contributed by atoms with van der Waals surface area (Å²) in [6, 6.07) is 8.30. The molecule has 3 N–H and O–H groups in total. The van der Waals surface area contributed by atoms with Crippen molar-refractivity contribution in [3.05, 3.63) is 30.3 Å². The molecule has 0 saturated carbocycles. The van der Waals surface area contributed by atoms with E-state index in [2.05, 4.69) is 23.6 Å². The lowest BCUT2D eigenvalue weighted by molar-refractivity contribution is 0.479. The molecular weight excluding hydrogens is 286 g/mol. The van der Waals surface area contributed by atoms with E-state index in [4.69, 9.17) is 5.73 Å². The van der Waals surface area contributed by atoms with Crippen molar-refractivity contribution in [1.82, 2.24) is 9.71 Å². The molecule has 21 heavy (non-hydrogen) atoms. The molecule has 0 unspecified atom stereocenters. The monoisotopic (exact) mass is 307 g/mol. The first-order chi connectivity index (χ1) is 9.96. The van der Waals surface area contributed by atoms with Crippen LogP contribution in [0.1, 0.15) is 26.7 Å². The van der Waals surface area contributed by atoms with Gasteiger partial charge in [0.25, 0.3) is 0 Å². The predicted octanol–water partition coefficient (Wildman–Crippen LogP) is 2.53. The highest BCUT2D eigenvalue weighted by molar-refractivity contribution is 7.89. The average molecular weight is 307 g/mol. The van der Waals surface area contributed by atoms with Crippen LogP contribution in [-0.2, 0) is 10.0 Å². The zero-order valence-electron chi connectivity index (χ0n) is 12.3. The SMILES string of the molecule is CCC(CC)CNS(=O)(=O)c1ccc2nc(N)ccc2c1. The number of sulfonamides is 1. The predicted molar refractivity (Wildman–Crippen MR) is 85.4 cm³/mol. The van der Waals surface area contributed by atoms with Crippen LogP contribution in [-0.4, -0.2) is 19.9 Å². The van der Waals surface area contributed by atoms with Crippen LogP contribution in [0.15, 0.2) is 35.2 Å². The summed E-state index contributed by atoms with van der Waals surface area (Å²) in [4.78, 5) is 4.42. The Kier molecular flexibility index (Phi) is 4.80. The molecule has 0 spiro atoms. The molecule has 6 heteroatoms. The van der Waals surface area contributed by atoms with Crippen LogP contribution in [0.2, 0.25) is 0 Å². The van der Waals surface area contributed by atoms with Gasteiger partial charge in [0.05, 0.1) is 10.4 Å². The summed E-state index contributed by atoms with van der Waals surface area (Å²) in [6.45, 7) is 4.59. The number of anilines is 1. The van der Waals surface area contributed by atoms with E-state index < -0.39 is 10.0 Å². The first-order valence-corrected chi connectivity index (χ1v) is 8.60. The molecule has 1 aromatic carbocycles. The van der Waals surface area contributed by atoms with E-state index in [0.29, 0.717) is 23.8 Å². The van der Waals surface area contributed by atoms with Crippen molar-refractivity contribution in [1.29, 1.82) is 0 Å². The molecule has 0 aliphatic carbocycles. The van der Waals surface area contributed by atoms with Gasteiger partial charge in [0, 0.05) is 11.9 Å². The highest BCUT2D eigenvalue weighted by atomic mass is 32.2. The molecule has 0 saturated heterocycles. The van der Waals surface area contributed by atoms with Gasteiger partial charge in [-0.25, -0.2) is 18.1 Å². The number of benzene rings is 1. The van der Waals surface area contributed by atoms with E-state index in [1.54, 1.807) is 30.3 Å². The van der Waals surface area contributed by atoms with Crippen LogP contribution in [0, 0.1) is 5.92 Å². The average Bonchev–Trinajstić information content (AvgIpc) is 2.47. The summed E-state index contributed by atoms with van der Waals surface area (Å²) in [7, 11) is -3.49. The minimum atomic E-state index is -3.49. The van der Waals surface area contributed by atoms with E-state index in [-0.39, 0.29) is 4.90 Å².